The van der Waals surface area contributed by atoms with Crippen molar-refractivity contribution in [2.24, 2.45) is 5.92 Å². The Kier molecular flexibility index (Phi) is 6.36. The zero-order valence-corrected chi connectivity index (χ0v) is 14.2. The second-order valence-corrected chi connectivity index (χ2v) is 6.89. The van der Waals surface area contributed by atoms with Gasteiger partial charge in [0.15, 0.2) is 0 Å². The van der Waals surface area contributed by atoms with Crippen molar-refractivity contribution in [3.05, 3.63) is 16.6 Å². The van der Waals surface area contributed by atoms with Gasteiger partial charge in [-0.15, -0.1) is 11.3 Å². The Bertz CT molecular complexity index is 484. The van der Waals surface area contributed by atoms with Crippen molar-refractivity contribution < 1.29 is 9.59 Å². The number of nitrogens with zero attached hydrogens (tertiary/aromatic N) is 2. The Hall–Kier alpha value is -1.43. The van der Waals surface area contributed by atoms with E-state index in [0.717, 1.165) is 18.5 Å². The molecule has 1 aromatic heterocycles. The molecule has 2 rings (SSSR count). The van der Waals surface area contributed by atoms with Gasteiger partial charge in [0.1, 0.15) is 6.04 Å². The second-order valence-electron chi connectivity index (χ2n) is 6.17. The standard InChI is InChI=1S/C16H25N3O2S/c1-12(16(21)19(2)9-14-10-22-11-17-14)18-15(20)8-13-6-4-3-5-7-13/h10-13H,3-9H2,1-2H3,(H,18,20)/t12-/m0/s1. The van der Waals surface area contributed by atoms with E-state index in [4.69, 9.17) is 0 Å². The highest BCUT2D eigenvalue weighted by atomic mass is 32.1. The molecule has 1 N–H and O–H groups in total. The summed E-state index contributed by atoms with van der Waals surface area (Å²) in [5, 5.41) is 4.77. The summed E-state index contributed by atoms with van der Waals surface area (Å²) in [6, 6.07) is -0.486. The molecule has 1 aliphatic carbocycles. The Morgan fingerprint density at radius 1 is 1.41 bits per heavy atom. The van der Waals surface area contributed by atoms with Gasteiger partial charge in [-0.2, -0.15) is 0 Å². The molecule has 22 heavy (non-hydrogen) atoms. The monoisotopic (exact) mass is 323 g/mol. The maximum absolute atomic E-state index is 12.3. The number of carbonyl (C=O) groups is 2. The first-order valence-corrected chi connectivity index (χ1v) is 8.92. The van der Waals surface area contributed by atoms with Gasteiger partial charge in [0.05, 0.1) is 17.7 Å². The molecule has 1 saturated carbocycles. The van der Waals surface area contributed by atoms with Gasteiger partial charge in [-0.25, -0.2) is 4.98 Å². The Labute approximate surface area is 136 Å². The molecular weight excluding hydrogens is 298 g/mol. The van der Waals surface area contributed by atoms with Crippen LogP contribution in [0.4, 0.5) is 0 Å². The van der Waals surface area contributed by atoms with Crippen LogP contribution < -0.4 is 5.32 Å². The third-order valence-corrected chi connectivity index (χ3v) is 4.84. The molecule has 1 fully saturated rings. The van der Waals surface area contributed by atoms with Crippen molar-refractivity contribution in [1.29, 1.82) is 0 Å². The van der Waals surface area contributed by atoms with Crippen LogP contribution in [0.1, 0.15) is 51.1 Å². The van der Waals surface area contributed by atoms with Gasteiger partial charge in [-0.05, 0) is 25.7 Å². The van der Waals surface area contributed by atoms with E-state index in [-0.39, 0.29) is 11.8 Å². The van der Waals surface area contributed by atoms with E-state index in [1.54, 1.807) is 24.4 Å². The van der Waals surface area contributed by atoms with E-state index in [9.17, 15) is 9.59 Å². The molecule has 0 unspecified atom stereocenters. The molecule has 1 aromatic rings. The predicted molar refractivity (Wildman–Crippen MR) is 87.4 cm³/mol. The van der Waals surface area contributed by atoms with Crippen LogP contribution in [0.3, 0.4) is 0 Å². The fourth-order valence-electron chi connectivity index (χ4n) is 2.98. The van der Waals surface area contributed by atoms with Gasteiger partial charge in [0, 0.05) is 18.8 Å². The number of hydrogen-bond acceptors (Lipinski definition) is 4. The summed E-state index contributed by atoms with van der Waals surface area (Å²) in [5.41, 5.74) is 2.63. The minimum atomic E-state index is -0.486. The van der Waals surface area contributed by atoms with Gasteiger partial charge in [-0.1, -0.05) is 19.3 Å². The van der Waals surface area contributed by atoms with Gasteiger partial charge in [0.2, 0.25) is 11.8 Å². The Morgan fingerprint density at radius 3 is 2.77 bits per heavy atom. The maximum Gasteiger partial charge on any atom is 0.244 e. The highest BCUT2D eigenvalue weighted by Gasteiger charge is 2.22. The molecule has 0 radical (unpaired) electrons. The molecule has 1 heterocycles. The summed E-state index contributed by atoms with van der Waals surface area (Å²) in [5.74, 6) is 0.406. The molecule has 0 bridgehead atoms. The van der Waals surface area contributed by atoms with E-state index in [1.807, 2.05) is 5.38 Å². The van der Waals surface area contributed by atoms with E-state index in [0.29, 0.717) is 18.9 Å². The third kappa shape index (κ3) is 5.09. The van der Waals surface area contributed by atoms with Crippen LogP contribution in [0.5, 0.6) is 0 Å². The van der Waals surface area contributed by atoms with Crippen molar-refractivity contribution in [3.8, 4) is 0 Å². The predicted octanol–water partition coefficient (Wildman–Crippen LogP) is 2.58. The smallest absolute Gasteiger partial charge is 0.244 e. The van der Waals surface area contributed by atoms with Crippen molar-refractivity contribution in [2.45, 2.75) is 58.0 Å². The minimum absolute atomic E-state index is 0.00481. The molecule has 0 saturated heterocycles. The van der Waals surface area contributed by atoms with Crippen LogP contribution in [-0.2, 0) is 16.1 Å². The fourth-order valence-corrected chi connectivity index (χ4v) is 3.53. The van der Waals surface area contributed by atoms with Gasteiger partial charge >= 0.3 is 0 Å². The molecule has 2 amide bonds. The zero-order valence-electron chi connectivity index (χ0n) is 13.4. The molecule has 0 aromatic carbocycles. The molecule has 122 valence electrons. The van der Waals surface area contributed by atoms with Gasteiger partial charge in [0.25, 0.3) is 0 Å². The van der Waals surface area contributed by atoms with Crippen LogP contribution in [0.25, 0.3) is 0 Å². The highest BCUT2D eigenvalue weighted by Crippen LogP contribution is 2.26. The summed E-state index contributed by atoms with van der Waals surface area (Å²) in [4.78, 5) is 30.1. The zero-order chi connectivity index (χ0) is 15.9. The van der Waals surface area contributed by atoms with Crippen molar-refractivity contribution in [2.75, 3.05) is 7.05 Å². The van der Waals surface area contributed by atoms with Crippen LogP contribution in [-0.4, -0.2) is 34.8 Å². The van der Waals surface area contributed by atoms with Gasteiger partial charge in [-0.3, -0.25) is 9.59 Å². The number of amides is 2. The number of carbonyl (C=O) groups excluding carboxylic acids is 2. The van der Waals surface area contributed by atoms with Gasteiger partial charge < -0.3 is 10.2 Å². The molecule has 1 atom stereocenters. The fraction of sp³-hybridized carbons (Fsp3) is 0.688. The molecule has 1 aliphatic rings. The lowest BCUT2D eigenvalue weighted by Crippen LogP contribution is -2.45. The lowest BCUT2D eigenvalue weighted by Gasteiger charge is -2.24. The SMILES string of the molecule is C[C@H](NC(=O)CC1CCCCC1)C(=O)N(C)Cc1cscn1. The number of nitrogens with one attached hydrogen (secondary N) is 1. The maximum atomic E-state index is 12.3. The minimum Gasteiger partial charge on any atom is -0.345 e. The van der Waals surface area contributed by atoms with Crippen LogP contribution in [0.2, 0.25) is 0 Å². The molecular formula is C16H25N3O2S. The number of hydrogen-bond donors (Lipinski definition) is 1. The molecule has 0 spiro atoms. The quantitative estimate of drug-likeness (QED) is 0.875. The van der Waals surface area contributed by atoms with Crippen molar-refractivity contribution in [3.63, 3.8) is 0 Å². The Balaban J connectivity index is 1.76. The van der Waals surface area contributed by atoms with E-state index in [1.165, 1.54) is 30.6 Å². The first-order valence-electron chi connectivity index (χ1n) is 7.97. The summed E-state index contributed by atoms with van der Waals surface area (Å²) in [6.45, 7) is 2.23. The number of likely N-dealkylation sites (N-methyl/N-ethyl adjacent to an activating group) is 1. The lowest BCUT2D eigenvalue weighted by atomic mass is 9.87. The summed E-state index contributed by atoms with van der Waals surface area (Å²) >= 11 is 1.51. The number of rotatable bonds is 6. The summed E-state index contributed by atoms with van der Waals surface area (Å²) in [7, 11) is 1.74. The van der Waals surface area contributed by atoms with Crippen LogP contribution >= 0.6 is 11.3 Å². The van der Waals surface area contributed by atoms with Crippen LogP contribution in [0, 0.1) is 5.92 Å². The van der Waals surface area contributed by atoms with E-state index in [2.05, 4.69) is 10.3 Å². The second kappa shape index (κ2) is 8.27. The molecule has 6 heteroatoms. The summed E-state index contributed by atoms with van der Waals surface area (Å²) in [6.07, 6.45) is 6.56. The van der Waals surface area contributed by atoms with Crippen molar-refractivity contribution >= 4 is 23.2 Å². The number of thiazole rings is 1. The first kappa shape index (κ1) is 16.9. The molecule has 5 nitrogen and oxygen atoms in total. The topological polar surface area (TPSA) is 62.3 Å². The van der Waals surface area contributed by atoms with E-state index >= 15 is 0 Å². The first-order chi connectivity index (χ1) is 10.6. The van der Waals surface area contributed by atoms with Crippen molar-refractivity contribution in [1.82, 2.24) is 15.2 Å². The average molecular weight is 323 g/mol. The average Bonchev–Trinajstić information content (AvgIpc) is 3.00. The summed E-state index contributed by atoms with van der Waals surface area (Å²) < 4.78 is 0. The normalized spacial score (nSPS) is 17.0. The van der Waals surface area contributed by atoms with E-state index < -0.39 is 6.04 Å². The van der Waals surface area contributed by atoms with Crippen LogP contribution in [0.15, 0.2) is 10.9 Å². The third-order valence-electron chi connectivity index (χ3n) is 4.21. The number of aromatic nitrogens is 1. The Morgan fingerprint density at radius 2 is 2.14 bits per heavy atom. The highest BCUT2D eigenvalue weighted by molar-refractivity contribution is 7.07. The largest absolute Gasteiger partial charge is 0.345 e. The lowest BCUT2D eigenvalue weighted by molar-refractivity contribution is -0.135. The molecule has 0 aliphatic heterocycles.